The summed E-state index contributed by atoms with van der Waals surface area (Å²) in [5.41, 5.74) is 0.880. The van der Waals surface area contributed by atoms with Crippen molar-refractivity contribution in [2.45, 2.75) is 70.8 Å². The molecule has 10 nitrogen and oxygen atoms in total. The third-order valence-corrected chi connectivity index (χ3v) is 5.84. The molecule has 174 valence electrons. The molecule has 1 saturated carbocycles. The Morgan fingerprint density at radius 3 is 2.64 bits per heavy atom. The maximum absolute atomic E-state index is 12.5. The summed E-state index contributed by atoms with van der Waals surface area (Å²) in [6.45, 7) is 3.34. The van der Waals surface area contributed by atoms with E-state index in [9.17, 15) is 9.59 Å². The molecule has 2 aromatic heterocycles. The van der Waals surface area contributed by atoms with Crippen LogP contribution in [0.4, 0.5) is 5.69 Å². The van der Waals surface area contributed by atoms with E-state index in [1.807, 2.05) is 31.2 Å². The molecule has 4 rings (SSSR count). The van der Waals surface area contributed by atoms with Gasteiger partial charge in [0.25, 0.3) is 0 Å². The van der Waals surface area contributed by atoms with Crippen LogP contribution < -0.4 is 10.6 Å². The lowest BCUT2D eigenvalue weighted by molar-refractivity contribution is -0.121. The lowest BCUT2D eigenvalue weighted by Crippen LogP contribution is -2.45. The first-order valence-corrected chi connectivity index (χ1v) is 11.3. The molecule has 0 atom stereocenters. The second-order valence-electron chi connectivity index (χ2n) is 8.56. The lowest BCUT2D eigenvalue weighted by atomic mass is 9.89. The Hall–Kier alpha value is -3.56. The molecule has 2 amide bonds. The SMILES string of the molecule is CC(=O)NC1(c2noc(CCC(=O)Nc3cccc(-c4n[nH]c(C)n4)c3)n2)CCCCCC1. The van der Waals surface area contributed by atoms with Gasteiger partial charge in [0.05, 0.1) is 0 Å². The van der Waals surface area contributed by atoms with E-state index in [2.05, 4.69) is 36.0 Å². The molecule has 1 aromatic carbocycles. The highest BCUT2D eigenvalue weighted by atomic mass is 16.5. The number of anilines is 1. The summed E-state index contributed by atoms with van der Waals surface area (Å²) in [4.78, 5) is 33.2. The minimum Gasteiger partial charge on any atom is -0.343 e. The van der Waals surface area contributed by atoms with Gasteiger partial charge in [-0.2, -0.15) is 10.1 Å². The van der Waals surface area contributed by atoms with E-state index in [0.29, 0.717) is 29.6 Å². The van der Waals surface area contributed by atoms with E-state index in [1.54, 1.807) is 0 Å². The van der Waals surface area contributed by atoms with E-state index in [4.69, 9.17) is 4.52 Å². The van der Waals surface area contributed by atoms with E-state index in [1.165, 1.54) is 6.92 Å². The van der Waals surface area contributed by atoms with Crippen molar-refractivity contribution in [2.24, 2.45) is 0 Å². The maximum Gasteiger partial charge on any atom is 0.227 e. The van der Waals surface area contributed by atoms with Crippen LogP contribution in [-0.4, -0.2) is 37.1 Å². The van der Waals surface area contributed by atoms with Crippen molar-refractivity contribution in [3.8, 4) is 11.4 Å². The molecule has 1 aliphatic carbocycles. The summed E-state index contributed by atoms with van der Waals surface area (Å²) < 4.78 is 5.43. The summed E-state index contributed by atoms with van der Waals surface area (Å²) in [6.07, 6.45) is 6.33. The van der Waals surface area contributed by atoms with Crippen molar-refractivity contribution >= 4 is 17.5 Å². The van der Waals surface area contributed by atoms with Gasteiger partial charge in [0, 0.05) is 31.0 Å². The lowest BCUT2D eigenvalue weighted by Gasteiger charge is -2.30. The normalized spacial score (nSPS) is 15.6. The van der Waals surface area contributed by atoms with Crippen LogP contribution in [0.3, 0.4) is 0 Å². The van der Waals surface area contributed by atoms with Gasteiger partial charge in [-0.1, -0.05) is 43.0 Å². The van der Waals surface area contributed by atoms with E-state index >= 15 is 0 Å². The maximum atomic E-state index is 12.5. The third-order valence-electron chi connectivity index (χ3n) is 5.84. The summed E-state index contributed by atoms with van der Waals surface area (Å²) in [5.74, 6) is 1.92. The molecule has 33 heavy (non-hydrogen) atoms. The molecule has 3 aromatic rings. The second-order valence-corrected chi connectivity index (χ2v) is 8.56. The van der Waals surface area contributed by atoms with Crippen LogP contribution in [0.15, 0.2) is 28.8 Å². The number of H-pyrrole nitrogens is 1. The molecule has 0 saturated heterocycles. The molecule has 1 fully saturated rings. The Kier molecular flexibility index (Phi) is 6.81. The first-order chi connectivity index (χ1) is 15.9. The van der Waals surface area contributed by atoms with Gasteiger partial charge in [-0.05, 0) is 31.9 Å². The van der Waals surface area contributed by atoms with Crippen LogP contribution >= 0.6 is 0 Å². The number of benzene rings is 1. The molecule has 0 radical (unpaired) electrons. The summed E-state index contributed by atoms with van der Waals surface area (Å²) >= 11 is 0. The molecule has 10 heteroatoms. The van der Waals surface area contributed by atoms with Crippen molar-refractivity contribution in [1.29, 1.82) is 0 Å². The van der Waals surface area contributed by atoms with Gasteiger partial charge >= 0.3 is 0 Å². The van der Waals surface area contributed by atoms with Crippen molar-refractivity contribution < 1.29 is 14.1 Å². The minimum atomic E-state index is -0.592. The number of carbonyl (C=O) groups excluding carboxylic acids is 2. The number of carbonyl (C=O) groups is 2. The number of aryl methyl sites for hydroxylation is 2. The van der Waals surface area contributed by atoms with Crippen LogP contribution in [0, 0.1) is 6.92 Å². The average molecular weight is 452 g/mol. The summed E-state index contributed by atoms with van der Waals surface area (Å²) in [5, 5.41) is 17.1. The number of hydrogen-bond donors (Lipinski definition) is 3. The Labute approximate surface area is 192 Å². The molecular formula is C23H29N7O3. The Morgan fingerprint density at radius 2 is 1.94 bits per heavy atom. The average Bonchev–Trinajstić information content (AvgIpc) is 3.38. The standard InChI is InChI=1S/C23H29N7O3/c1-15-24-21(29-28-15)17-8-7-9-18(14-17)25-19(32)10-11-20-26-22(30-33-20)23(27-16(2)31)12-5-3-4-6-13-23/h7-9,14H,3-6,10-13H2,1-2H3,(H,25,32)(H,27,31)(H,24,28,29). The topological polar surface area (TPSA) is 139 Å². The first-order valence-electron chi connectivity index (χ1n) is 11.3. The second kappa shape index (κ2) is 9.93. The predicted molar refractivity (Wildman–Crippen MR) is 121 cm³/mol. The number of aromatic amines is 1. The van der Waals surface area contributed by atoms with Gasteiger partial charge in [-0.3, -0.25) is 14.7 Å². The Balaban J connectivity index is 1.38. The predicted octanol–water partition coefficient (Wildman–Crippen LogP) is 3.42. The van der Waals surface area contributed by atoms with Gasteiger partial charge in [0.2, 0.25) is 17.7 Å². The molecule has 3 N–H and O–H groups in total. The summed E-state index contributed by atoms with van der Waals surface area (Å²) in [7, 11) is 0. The van der Waals surface area contributed by atoms with Crippen molar-refractivity contribution in [1.82, 2.24) is 30.6 Å². The zero-order valence-electron chi connectivity index (χ0n) is 19.0. The van der Waals surface area contributed by atoms with Crippen LogP contribution in [0.2, 0.25) is 0 Å². The fourth-order valence-corrected chi connectivity index (χ4v) is 4.28. The quantitative estimate of drug-likeness (QED) is 0.468. The summed E-state index contributed by atoms with van der Waals surface area (Å²) in [6, 6.07) is 7.37. The van der Waals surface area contributed by atoms with Crippen molar-refractivity contribution in [3.05, 3.63) is 41.8 Å². The van der Waals surface area contributed by atoms with Crippen LogP contribution in [-0.2, 0) is 21.5 Å². The highest BCUT2D eigenvalue weighted by Gasteiger charge is 2.38. The number of nitrogens with zero attached hydrogens (tertiary/aromatic N) is 4. The highest BCUT2D eigenvalue weighted by molar-refractivity contribution is 5.91. The molecule has 1 aliphatic rings. The largest absolute Gasteiger partial charge is 0.343 e. The third kappa shape index (κ3) is 5.63. The number of aromatic nitrogens is 5. The van der Waals surface area contributed by atoms with Gasteiger partial charge in [-0.25, -0.2) is 4.98 Å². The van der Waals surface area contributed by atoms with Crippen LogP contribution in [0.25, 0.3) is 11.4 Å². The van der Waals surface area contributed by atoms with E-state index < -0.39 is 5.54 Å². The van der Waals surface area contributed by atoms with Gasteiger partial charge in [0.1, 0.15) is 11.4 Å². The molecular weight excluding hydrogens is 422 g/mol. The number of rotatable bonds is 7. The first kappa shape index (κ1) is 22.6. The Morgan fingerprint density at radius 1 is 1.15 bits per heavy atom. The van der Waals surface area contributed by atoms with Gasteiger partial charge < -0.3 is 15.2 Å². The molecule has 0 unspecified atom stereocenters. The van der Waals surface area contributed by atoms with Crippen LogP contribution in [0.5, 0.6) is 0 Å². The Bertz CT molecular complexity index is 1110. The highest BCUT2D eigenvalue weighted by Crippen LogP contribution is 2.34. The molecule has 0 spiro atoms. The fraction of sp³-hybridized carbons (Fsp3) is 0.478. The molecule has 2 heterocycles. The van der Waals surface area contributed by atoms with Crippen molar-refractivity contribution in [3.63, 3.8) is 0 Å². The minimum absolute atomic E-state index is 0.106. The smallest absolute Gasteiger partial charge is 0.227 e. The monoisotopic (exact) mass is 451 g/mol. The molecule has 0 aliphatic heterocycles. The number of hydrogen-bond acceptors (Lipinski definition) is 7. The zero-order valence-corrected chi connectivity index (χ0v) is 19.0. The fourth-order valence-electron chi connectivity index (χ4n) is 4.28. The van der Waals surface area contributed by atoms with Crippen LogP contribution in [0.1, 0.15) is 69.4 Å². The number of amides is 2. The van der Waals surface area contributed by atoms with Crippen molar-refractivity contribution in [2.75, 3.05) is 5.32 Å². The van der Waals surface area contributed by atoms with E-state index in [0.717, 1.165) is 49.9 Å². The number of nitrogens with one attached hydrogen (secondary N) is 3. The zero-order chi connectivity index (χ0) is 23.3. The molecule has 0 bridgehead atoms. The van der Waals surface area contributed by atoms with E-state index in [-0.39, 0.29) is 18.2 Å². The van der Waals surface area contributed by atoms with Gasteiger partial charge in [-0.15, -0.1) is 0 Å². The van der Waals surface area contributed by atoms with Gasteiger partial charge in [0.15, 0.2) is 11.6 Å².